The molecule has 78 valence electrons. The molecule has 0 bridgehead atoms. The number of fused-ring (bicyclic) bond motifs is 1. The van der Waals surface area contributed by atoms with E-state index in [0.717, 1.165) is 11.3 Å². The Balaban J connectivity index is 2.37. The molecule has 0 atom stereocenters. The van der Waals surface area contributed by atoms with Crippen LogP contribution in [0.3, 0.4) is 0 Å². The molecule has 0 aromatic heterocycles. The highest BCUT2D eigenvalue weighted by atomic mass is 16.7. The van der Waals surface area contributed by atoms with Gasteiger partial charge in [-0.3, -0.25) is 4.84 Å². The van der Waals surface area contributed by atoms with Gasteiger partial charge in [-0.05, 0) is 18.2 Å². The monoisotopic (exact) mass is 206 g/mol. The van der Waals surface area contributed by atoms with Crippen LogP contribution in [-0.2, 0) is 11.4 Å². The molecule has 0 unspecified atom stereocenters. The van der Waals surface area contributed by atoms with E-state index in [-0.39, 0.29) is 5.56 Å². The van der Waals surface area contributed by atoms with Crippen molar-refractivity contribution >= 4 is 18.0 Å². The fraction of sp³-hybridized carbons (Fsp3) is 0.200. The zero-order valence-corrected chi connectivity index (χ0v) is 8.17. The molecule has 15 heavy (non-hydrogen) atoms. The highest BCUT2D eigenvalue weighted by molar-refractivity contribution is 5.88. The van der Waals surface area contributed by atoms with Crippen LogP contribution in [0.2, 0.25) is 0 Å². The second-order valence-electron chi connectivity index (χ2n) is 3.15. The summed E-state index contributed by atoms with van der Waals surface area (Å²) in [5, 5.41) is 10.4. The van der Waals surface area contributed by atoms with Crippen LogP contribution in [0.25, 0.3) is 0 Å². The number of rotatable bonds is 2. The second-order valence-corrected chi connectivity index (χ2v) is 3.15. The predicted octanol–water partition coefficient (Wildman–Crippen LogP) is 1.42. The van der Waals surface area contributed by atoms with Crippen molar-refractivity contribution in [1.29, 1.82) is 0 Å². The summed E-state index contributed by atoms with van der Waals surface area (Å²) in [6.07, 6.45) is 1.57. The molecule has 2 rings (SSSR count). The normalized spacial score (nSPS) is 13.8. The lowest BCUT2D eigenvalue weighted by Gasteiger charge is -2.21. The highest BCUT2D eigenvalue weighted by Gasteiger charge is 2.13. The fourth-order valence-corrected chi connectivity index (χ4v) is 1.42. The summed E-state index contributed by atoms with van der Waals surface area (Å²) >= 11 is 0. The van der Waals surface area contributed by atoms with Crippen molar-refractivity contribution in [3.63, 3.8) is 0 Å². The molecule has 0 spiro atoms. The Morgan fingerprint density at radius 3 is 3.07 bits per heavy atom. The van der Waals surface area contributed by atoms with E-state index in [0.29, 0.717) is 6.54 Å². The molecule has 5 nitrogen and oxygen atoms in total. The standard InChI is InChI=1S/C10H10N2O3/c1-15-12-5-8-4-7(10(13)14)2-3-9(8)11-6-12/h2-4,6H,5H2,1H3,(H,13,14). The third-order valence-corrected chi connectivity index (χ3v) is 2.21. The lowest BCUT2D eigenvalue weighted by Crippen LogP contribution is -2.22. The summed E-state index contributed by atoms with van der Waals surface area (Å²) in [6, 6.07) is 4.85. The third kappa shape index (κ3) is 1.82. The maximum atomic E-state index is 10.8. The summed E-state index contributed by atoms with van der Waals surface area (Å²) in [6.45, 7) is 0.510. The minimum Gasteiger partial charge on any atom is -0.478 e. The molecule has 1 aromatic carbocycles. The first-order valence-corrected chi connectivity index (χ1v) is 4.42. The molecular weight excluding hydrogens is 196 g/mol. The van der Waals surface area contributed by atoms with E-state index in [1.165, 1.54) is 12.2 Å². The number of carbonyl (C=O) groups is 1. The molecule has 1 aromatic rings. The van der Waals surface area contributed by atoms with Crippen LogP contribution >= 0.6 is 0 Å². The Labute approximate surface area is 86.6 Å². The van der Waals surface area contributed by atoms with Gasteiger partial charge >= 0.3 is 5.97 Å². The number of benzene rings is 1. The lowest BCUT2D eigenvalue weighted by atomic mass is 10.1. The van der Waals surface area contributed by atoms with Crippen LogP contribution < -0.4 is 0 Å². The fourth-order valence-electron chi connectivity index (χ4n) is 1.42. The van der Waals surface area contributed by atoms with E-state index in [1.54, 1.807) is 24.5 Å². The Bertz CT molecular complexity index is 429. The van der Waals surface area contributed by atoms with Gasteiger partial charge in [0.15, 0.2) is 0 Å². The number of hydroxylamine groups is 2. The first-order chi connectivity index (χ1) is 7.20. The predicted molar refractivity (Wildman–Crippen MR) is 54.1 cm³/mol. The molecular formula is C10H10N2O3. The van der Waals surface area contributed by atoms with E-state index in [1.807, 2.05) is 0 Å². The SMILES string of the molecule is CON1C=Nc2ccc(C(=O)O)cc2C1. The first kappa shape index (κ1) is 9.67. The number of hydrogen-bond donors (Lipinski definition) is 1. The van der Waals surface area contributed by atoms with Crippen LogP contribution in [0, 0.1) is 0 Å². The van der Waals surface area contributed by atoms with Crippen molar-refractivity contribution in [3.8, 4) is 0 Å². The summed E-state index contributed by atoms with van der Waals surface area (Å²) in [7, 11) is 1.54. The van der Waals surface area contributed by atoms with E-state index >= 15 is 0 Å². The molecule has 5 heteroatoms. The van der Waals surface area contributed by atoms with Gasteiger partial charge in [0.25, 0.3) is 0 Å². The van der Waals surface area contributed by atoms with Crippen molar-refractivity contribution in [2.75, 3.05) is 7.11 Å². The molecule has 0 aliphatic carbocycles. The van der Waals surface area contributed by atoms with E-state index < -0.39 is 5.97 Å². The average molecular weight is 206 g/mol. The number of aromatic carboxylic acids is 1. The quantitative estimate of drug-likeness (QED) is 0.794. The van der Waals surface area contributed by atoms with Crippen molar-refractivity contribution < 1.29 is 14.7 Å². The maximum absolute atomic E-state index is 10.8. The van der Waals surface area contributed by atoms with Gasteiger partial charge in [0, 0.05) is 5.56 Å². The van der Waals surface area contributed by atoms with Crippen LogP contribution in [0.1, 0.15) is 15.9 Å². The number of carboxylic acid groups (broad SMARTS) is 1. The molecule has 0 saturated carbocycles. The minimum atomic E-state index is -0.934. The Hall–Kier alpha value is -1.88. The Morgan fingerprint density at radius 2 is 2.40 bits per heavy atom. The molecule has 1 aliphatic rings. The van der Waals surface area contributed by atoms with Crippen molar-refractivity contribution in [2.45, 2.75) is 6.54 Å². The first-order valence-electron chi connectivity index (χ1n) is 4.42. The number of hydrogen-bond acceptors (Lipinski definition) is 4. The molecule has 0 radical (unpaired) electrons. The van der Waals surface area contributed by atoms with Crippen LogP contribution in [0.5, 0.6) is 0 Å². The van der Waals surface area contributed by atoms with Gasteiger partial charge in [-0.1, -0.05) is 0 Å². The van der Waals surface area contributed by atoms with E-state index in [2.05, 4.69) is 4.99 Å². The summed E-state index contributed by atoms with van der Waals surface area (Å²) in [4.78, 5) is 19.9. The largest absolute Gasteiger partial charge is 0.478 e. The number of nitrogens with zero attached hydrogens (tertiary/aromatic N) is 2. The zero-order valence-electron chi connectivity index (χ0n) is 8.17. The average Bonchev–Trinajstić information content (AvgIpc) is 2.27. The molecule has 1 aliphatic heterocycles. The van der Waals surface area contributed by atoms with Gasteiger partial charge in [-0.25, -0.2) is 14.9 Å². The van der Waals surface area contributed by atoms with Crippen molar-refractivity contribution in [2.24, 2.45) is 4.99 Å². The smallest absolute Gasteiger partial charge is 0.335 e. The Kier molecular flexibility index (Phi) is 2.39. The molecule has 1 heterocycles. The van der Waals surface area contributed by atoms with Crippen LogP contribution in [0.4, 0.5) is 5.69 Å². The number of aliphatic imine (C=N–C) groups is 1. The summed E-state index contributed by atoms with van der Waals surface area (Å²) < 4.78 is 0. The second kappa shape index (κ2) is 3.70. The Morgan fingerprint density at radius 1 is 1.60 bits per heavy atom. The highest BCUT2D eigenvalue weighted by Crippen LogP contribution is 2.25. The molecule has 0 fully saturated rings. The summed E-state index contributed by atoms with van der Waals surface area (Å²) in [5.41, 5.74) is 1.90. The van der Waals surface area contributed by atoms with Crippen molar-refractivity contribution in [3.05, 3.63) is 29.3 Å². The van der Waals surface area contributed by atoms with Gasteiger partial charge in [0.1, 0.15) is 6.34 Å². The van der Waals surface area contributed by atoms with Crippen LogP contribution in [-0.4, -0.2) is 29.6 Å². The van der Waals surface area contributed by atoms with Gasteiger partial charge in [0.05, 0.1) is 24.9 Å². The van der Waals surface area contributed by atoms with Crippen LogP contribution in [0.15, 0.2) is 23.2 Å². The molecule has 1 N–H and O–H groups in total. The minimum absolute atomic E-state index is 0.266. The molecule has 0 saturated heterocycles. The van der Waals surface area contributed by atoms with E-state index in [9.17, 15) is 4.79 Å². The van der Waals surface area contributed by atoms with Gasteiger partial charge in [0.2, 0.25) is 0 Å². The molecule has 0 amide bonds. The van der Waals surface area contributed by atoms with Gasteiger partial charge < -0.3 is 5.11 Å². The third-order valence-electron chi connectivity index (χ3n) is 2.21. The van der Waals surface area contributed by atoms with Crippen molar-refractivity contribution in [1.82, 2.24) is 5.06 Å². The summed E-state index contributed by atoms with van der Waals surface area (Å²) in [5.74, 6) is -0.934. The maximum Gasteiger partial charge on any atom is 0.335 e. The van der Waals surface area contributed by atoms with Gasteiger partial charge in [-0.15, -0.1) is 0 Å². The van der Waals surface area contributed by atoms with Gasteiger partial charge in [-0.2, -0.15) is 0 Å². The topological polar surface area (TPSA) is 62.1 Å². The zero-order chi connectivity index (χ0) is 10.8. The lowest BCUT2D eigenvalue weighted by molar-refractivity contribution is -0.0678. The number of carboxylic acids is 1. The van der Waals surface area contributed by atoms with E-state index in [4.69, 9.17) is 9.94 Å².